The second kappa shape index (κ2) is 5.13. The van der Waals surface area contributed by atoms with Gasteiger partial charge >= 0.3 is 0 Å². The summed E-state index contributed by atoms with van der Waals surface area (Å²) in [5.74, 6) is 0.806. The first-order valence-corrected chi connectivity index (χ1v) is 2.86. The molecule has 0 amide bonds. The Morgan fingerprint density at radius 3 is 2.80 bits per heavy atom. The number of aromatic nitrogens is 4. The highest BCUT2D eigenvalue weighted by Crippen LogP contribution is 1.87. The van der Waals surface area contributed by atoms with Crippen LogP contribution >= 0.6 is 12.4 Å². The van der Waals surface area contributed by atoms with Gasteiger partial charge in [-0.1, -0.05) is 0 Å². The third-order valence-corrected chi connectivity index (χ3v) is 1.01. The van der Waals surface area contributed by atoms with Gasteiger partial charge in [0.25, 0.3) is 0 Å². The lowest BCUT2D eigenvalue weighted by molar-refractivity contribution is 0.783. The maximum atomic E-state index is 5.26. The largest absolute Gasteiger partial charge is 0.330 e. The smallest absolute Gasteiger partial charge is 0.148 e. The van der Waals surface area contributed by atoms with Gasteiger partial charge in [-0.25, -0.2) is 5.10 Å². The maximum absolute atomic E-state index is 5.26. The van der Waals surface area contributed by atoms with Crippen molar-refractivity contribution in [1.29, 1.82) is 0 Å². The number of halogens is 1. The molecule has 0 aromatic carbocycles. The Bertz CT molecular complexity index is 151. The molecule has 0 saturated heterocycles. The van der Waals surface area contributed by atoms with Crippen molar-refractivity contribution in [1.82, 2.24) is 20.6 Å². The summed E-state index contributed by atoms with van der Waals surface area (Å²) < 4.78 is 0. The zero-order valence-corrected chi connectivity index (χ0v) is 6.27. The van der Waals surface area contributed by atoms with Gasteiger partial charge in [-0.2, -0.15) is 0 Å². The zero-order valence-electron chi connectivity index (χ0n) is 5.45. The van der Waals surface area contributed by atoms with Gasteiger partial charge in [-0.3, -0.25) is 0 Å². The molecule has 0 aliphatic heterocycles. The lowest BCUT2D eigenvalue weighted by Gasteiger charge is -1.88. The Kier molecular flexibility index (Phi) is 4.78. The lowest BCUT2D eigenvalue weighted by atomic mass is 10.3. The van der Waals surface area contributed by atoms with E-state index in [9.17, 15) is 0 Å². The average molecular weight is 164 g/mol. The molecule has 1 rings (SSSR count). The number of hydrogen-bond donors (Lipinski definition) is 2. The van der Waals surface area contributed by atoms with Crippen LogP contribution in [0.4, 0.5) is 0 Å². The van der Waals surface area contributed by atoms with Gasteiger partial charge in [0.05, 0.1) is 0 Å². The number of nitrogens with one attached hydrogen (secondary N) is 1. The molecule has 0 spiro atoms. The van der Waals surface area contributed by atoms with Crippen molar-refractivity contribution in [2.24, 2.45) is 5.73 Å². The van der Waals surface area contributed by atoms with Gasteiger partial charge in [0.15, 0.2) is 0 Å². The second-order valence-electron chi connectivity index (χ2n) is 1.74. The minimum Gasteiger partial charge on any atom is -0.330 e. The fourth-order valence-electron chi connectivity index (χ4n) is 0.554. The monoisotopic (exact) mass is 163 g/mol. The van der Waals surface area contributed by atoms with Gasteiger partial charge in [0.2, 0.25) is 0 Å². The van der Waals surface area contributed by atoms with E-state index >= 15 is 0 Å². The molecule has 0 aliphatic rings. The van der Waals surface area contributed by atoms with Crippen LogP contribution in [0.15, 0.2) is 0 Å². The predicted octanol–water partition coefficient (Wildman–Crippen LogP) is -0.487. The summed E-state index contributed by atoms with van der Waals surface area (Å²) in [6, 6.07) is 0. The average Bonchev–Trinajstić information content (AvgIpc) is 2.34. The number of aryl methyl sites for hydroxylation is 1. The summed E-state index contributed by atoms with van der Waals surface area (Å²) in [7, 11) is 0. The third kappa shape index (κ3) is 2.75. The standard InChI is InChI=1S/C4H9N5.ClH/c5-3-1-2-4-6-8-9-7-4;/h1-3,5H2,(H,6,7,8,9);1H. The molecule has 0 atom stereocenters. The third-order valence-electron chi connectivity index (χ3n) is 1.01. The highest BCUT2D eigenvalue weighted by Gasteiger charge is 1.92. The summed E-state index contributed by atoms with van der Waals surface area (Å²) in [6.07, 6.45) is 1.76. The maximum Gasteiger partial charge on any atom is 0.148 e. The molecule has 0 fully saturated rings. The van der Waals surface area contributed by atoms with E-state index in [4.69, 9.17) is 5.73 Å². The van der Waals surface area contributed by atoms with E-state index in [1.807, 2.05) is 0 Å². The van der Waals surface area contributed by atoms with Crippen molar-refractivity contribution < 1.29 is 0 Å². The molecule has 0 unspecified atom stereocenters. The van der Waals surface area contributed by atoms with Crippen molar-refractivity contribution >= 4 is 12.4 Å². The zero-order chi connectivity index (χ0) is 6.53. The van der Waals surface area contributed by atoms with E-state index in [-0.39, 0.29) is 12.4 Å². The molecule has 10 heavy (non-hydrogen) atoms. The lowest BCUT2D eigenvalue weighted by Crippen LogP contribution is -2.01. The Balaban J connectivity index is 0.000000810. The summed E-state index contributed by atoms with van der Waals surface area (Å²) in [5.41, 5.74) is 5.26. The predicted molar refractivity (Wildman–Crippen MR) is 38.8 cm³/mol. The van der Waals surface area contributed by atoms with Crippen molar-refractivity contribution in [3.63, 3.8) is 0 Å². The van der Waals surface area contributed by atoms with E-state index < -0.39 is 0 Å². The van der Waals surface area contributed by atoms with Crippen LogP contribution in [-0.4, -0.2) is 27.2 Å². The Morgan fingerprint density at radius 1 is 1.50 bits per heavy atom. The van der Waals surface area contributed by atoms with Crippen molar-refractivity contribution in [2.45, 2.75) is 12.8 Å². The molecule has 1 aromatic heterocycles. The van der Waals surface area contributed by atoms with Crippen LogP contribution in [0.1, 0.15) is 12.2 Å². The van der Waals surface area contributed by atoms with Crippen molar-refractivity contribution in [2.75, 3.05) is 6.54 Å². The second-order valence-corrected chi connectivity index (χ2v) is 1.74. The van der Waals surface area contributed by atoms with Crippen LogP contribution < -0.4 is 5.73 Å². The number of aromatic amines is 1. The molecule has 0 aliphatic carbocycles. The molecule has 58 valence electrons. The quantitative estimate of drug-likeness (QED) is 0.631. The Hall–Kier alpha value is -0.680. The normalized spacial score (nSPS) is 8.90. The minimum atomic E-state index is 0. The van der Waals surface area contributed by atoms with Crippen LogP contribution in [0.3, 0.4) is 0 Å². The first-order valence-electron chi connectivity index (χ1n) is 2.86. The fourth-order valence-corrected chi connectivity index (χ4v) is 0.554. The van der Waals surface area contributed by atoms with Crippen molar-refractivity contribution in [3.05, 3.63) is 5.82 Å². The number of H-pyrrole nitrogens is 1. The van der Waals surface area contributed by atoms with Gasteiger partial charge < -0.3 is 5.73 Å². The molecule has 1 aromatic rings. The van der Waals surface area contributed by atoms with Crippen LogP contribution in [0.2, 0.25) is 0 Å². The number of nitrogens with two attached hydrogens (primary N) is 1. The van der Waals surface area contributed by atoms with Gasteiger partial charge in [0, 0.05) is 6.42 Å². The van der Waals surface area contributed by atoms with E-state index in [1.54, 1.807) is 0 Å². The summed E-state index contributed by atoms with van der Waals surface area (Å²) in [4.78, 5) is 0. The first-order chi connectivity index (χ1) is 4.43. The van der Waals surface area contributed by atoms with E-state index in [1.165, 1.54) is 0 Å². The molecule has 5 nitrogen and oxygen atoms in total. The minimum absolute atomic E-state index is 0. The first kappa shape index (κ1) is 9.32. The molecule has 3 N–H and O–H groups in total. The van der Waals surface area contributed by atoms with Crippen LogP contribution in [0.25, 0.3) is 0 Å². The summed E-state index contributed by atoms with van der Waals surface area (Å²) in [5, 5.41) is 13.2. The topological polar surface area (TPSA) is 80.5 Å². The van der Waals surface area contributed by atoms with Gasteiger partial charge in [0.1, 0.15) is 5.82 Å². The highest BCUT2D eigenvalue weighted by molar-refractivity contribution is 5.85. The molecule has 1 heterocycles. The molecule has 0 radical (unpaired) electrons. The summed E-state index contributed by atoms with van der Waals surface area (Å²) >= 11 is 0. The molecular weight excluding hydrogens is 154 g/mol. The molecule has 0 saturated carbocycles. The molecular formula is C4H10ClN5. The fraction of sp³-hybridized carbons (Fsp3) is 0.750. The van der Waals surface area contributed by atoms with E-state index in [0.29, 0.717) is 6.54 Å². The Labute approximate surface area is 64.8 Å². The van der Waals surface area contributed by atoms with Gasteiger partial charge in [-0.05, 0) is 23.4 Å². The Morgan fingerprint density at radius 2 is 2.30 bits per heavy atom. The molecule has 0 bridgehead atoms. The van der Waals surface area contributed by atoms with E-state index in [2.05, 4.69) is 20.6 Å². The van der Waals surface area contributed by atoms with Crippen LogP contribution in [-0.2, 0) is 6.42 Å². The molecule has 6 heteroatoms. The van der Waals surface area contributed by atoms with Crippen molar-refractivity contribution in [3.8, 4) is 0 Å². The van der Waals surface area contributed by atoms with E-state index in [0.717, 1.165) is 18.7 Å². The number of hydrogen-bond acceptors (Lipinski definition) is 4. The number of rotatable bonds is 3. The highest BCUT2D eigenvalue weighted by atomic mass is 35.5. The number of tetrazole rings is 1. The number of nitrogens with zero attached hydrogens (tertiary/aromatic N) is 3. The van der Waals surface area contributed by atoms with Crippen LogP contribution in [0.5, 0.6) is 0 Å². The van der Waals surface area contributed by atoms with Crippen LogP contribution in [0, 0.1) is 0 Å². The SMILES string of the molecule is Cl.NCCCc1nnn[nH]1. The summed E-state index contributed by atoms with van der Waals surface area (Å²) in [6.45, 7) is 0.681. The van der Waals surface area contributed by atoms with Gasteiger partial charge in [-0.15, -0.1) is 17.5 Å².